The smallest absolute Gasteiger partial charge is 0.230 e. The molecule has 0 fully saturated rings. The SMILES string of the molecule is O=C(Cc1ccc2c(c1)CCO2)Nc1n[nH]c2cc(Br)ccc12. The molecule has 0 aliphatic carbocycles. The van der Waals surface area contributed by atoms with Crippen LogP contribution in [0.5, 0.6) is 5.75 Å². The van der Waals surface area contributed by atoms with Gasteiger partial charge in [-0.25, -0.2) is 0 Å². The van der Waals surface area contributed by atoms with E-state index in [1.54, 1.807) is 0 Å². The second kappa shape index (κ2) is 5.70. The fraction of sp³-hybridized carbons (Fsp3) is 0.176. The van der Waals surface area contributed by atoms with E-state index in [2.05, 4.69) is 31.4 Å². The first-order chi connectivity index (χ1) is 11.2. The molecule has 0 atom stereocenters. The summed E-state index contributed by atoms with van der Waals surface area (Å²) in [5, 5.41) is 10.9. The fourth-order valence-corrected chi connectivity index (χ4v) is 3.16. The van der Waals surface area contributed by atoms with Gasteiger partial charge in [-0.15, -0.1) is 0 Å². The summed E-state index contributed by atoms with van der Waals surface area (Å²) in [5.41, 5.74) is 3.03. The molecule has 1 amide bonds. The van der Waals surface area contributed by atoms with Crippen LogP contribution in [-0.2, 0) is 17.6 Å². The zero-order valence-corrected chi connectivity index (χ0v) is 13.8. The third kappa shape index (κ3) is 2.82. The summed E-state index contributed by atoms with van der Waals surface area (Å²) in [5.74, 6) is 1.40. The highest BCUT2D eigenvalue weighted by Crippen LogP contribution is 2.27. The molecule has 0 spiro atoms. The summed E-state index contributed by atoms with van der Waals surface area (Å²) in [6.07, 6.45) is 1.22. The third-order valence-corrected chi connectivity index (χ3v) is 4.39. The Labute approximate surface area is 141 Å². The number of amides is 1. The lowest BCUT2D eigenvalue weighted by atomic mass is 10.1. The van der Waals surface area contributed by atoms with Crippen LogP contribution in [0.25, 0.3) is 10.9 Å². The number of H-pyrrole nitrogens is 1. The van der Waals surface area contributed by atoms with E-state index < -0.39 is 0 Å². The fourth-order valence-electron chi connectivity index (χ4n) is 2.80. The van der Waals surface area contributed by atoms with Crippen molar-refractivity contribution in [2.75, 3.05) is 11.9 Å². The van der Waals surface area contributed by atoms with E-state index in [9.17, 15) is 4.79 Å². The van der Waals surface area contributed by atoms with E-state index >= 15 is 0 Å². The number of hydrogen-bond donors (Lipinski definition) is 2. The van der Waals surface area contributed by atoms with E-state index in [4.69, 9.17) is 4.74 Å². The van der Waals surface area contributed by atoms with Gasteiger partial charge in [0.05, 0.1) is 18.5 Å². The van der Waals surface area contributed by atoms with Gasteiger partial charge in [-0.1, -0.05) is 28.1 Å². The van der Waals surface area contributed by atoms with E-state index in [1.165, 1.54) is 5.56 Å². The van der Waals surface area contributed by atoms with Crippen LogP contribution < -0.4 is 10.1 Å². The van der Waals surface area contributed by atoms with Gasteiger partial charge in [0.25, 0.3) is 0 Å². The number of fused-ring (bicyclic) bond motifs is 2. The third-order valence-electron chi connectivity index (χ3n) is 3.90. The number of benzene rings is 2. The summed E-state index contributed by atoms with van der Waals surface area (Å²) in [6.45, 7) is 0.722. The number of anilines is 1. The molecule has 0 bridgehead atoms. The molecule has 2 heterocycles. The summed E-state index contributed by atoms with van der Waals surface area (Å²) < 4.78 is 6.45. The maximum absolute atomic E-state index is 12.3. The molecule has 0 saturated heterocycles. The zero-order valence-electron chi connectivity index (χ0n) is 12.2. The van der Waals surface area contributed by atoms with Crippen LogP contribution in [0.1, 0.15) is 11.1 Å². The first kappa shape index (κ1) is 14.3. The number of nitrogens with one attached hydrogen (secondary N) is 2. The van der Waals surface area contributed by atoms with Crippen molar-refractivity contribution in [2.24, 2.45) is 0 Å². The molecule has 0 saturated carbocycles. The number of rotatable bonds is 3. The van der Waals surface area contributed by atoms with Crippen molar-refractivity contribution in [3.63, 3.8) is 0 Å². The first-order valence-electron chi connectivity index (χ1n) is 7.37. The van der Waals surface area contributed by atoms with E-state index in [1.807, 2.05) is 36.4 Å². The van der Waals surface area contributed by atoms with Crippen molar-refractivity contribution in [2.45, 2.75) is 12.8 Å². The van der Waals surface area contributed by atoms with E-state index in [0.29, 0.717) is 12.2 Å². The molecule has 0 unspecified atom stereocenters. The zero-order chi connectivity index (χ0) is 15.8. The van der Waals surface area contributed by atoms with Gasteiger partial charge in [0.15, 0.2) is 5.82 Å². The number of aromatic nitrogens is 2. The van der Waals surface area contributed by atoms with Crippen molar-refractivity contribution >= 4 is 38.6 Å². The molecule has 2 N–H and O–H groups in total. The number of aromatic amines is 1. The summed E-state index contributed by atoms with van der Waals surface area (Å²) in [4.78, 5) is 12.3. The number of halogens is 1. The summed E-state index contributed by atoms with van der Waals surface area (Å²) >= 11 is 3.42. The lowest BCUT2D eigenvalue weighted by molar-refractivity contribution is -0.115. The molecule has 4 rings (SSSR count). The minimum atomic E-state index is -0.0832. The van der Waals surface area contributed by atoms with Crippen molar-refractivity contribution in [1.82, 2.24) is 10.2 Å². The van der Waals surface area contributed by atoms with Crippen LogP contribution >= 0.6 is 15.9 Å². The lowest BCUT2D eigenvalue weighted by Crippen LogP contribution is -2.15. The normalized spacial score (nSPS) is 12.9. The Kier molecular flexibility index (Phi) is 3.53. The van der Waals surface area contributed by atoms with Crippen LogP contribution in [0.3, 0.4) is 0 Å². The molecule has 1 aliphatic rings. The highest BCUT2D eigenvalue weighted by molar-refractivity contribution is 9.10. The predicted molar refractivity (Wildman–Crippen MR) is 91.8 cm³/mol. The minimum Gasteiger partial charge on any atom is -0.493 e. The molecular formula is C17H14BrN3O2. The minimum absolute atomic E-state index is 0.0832. The van der Waals surface area contributed by atoms with Gasteiger partial charge < -0.3 is 10.1 Å². The Hall–Kier alpha value is -2.34. The molecule has 116 valence electrons. The first-order valence-corrected chi connectivity index (χ1v) is 8.16. The molecule has 1 aromatic heterocycles. The number of nitrogens with zero attached hydrogens (tertiary/aromatic N) is 1. The molecule has 3 aromatic rings. The van der Waals surface area contributed by atoms with Gasteiger partial charge in [0.2, 0.25) is 5.91 Å². The highest BCUT2D eigenvalue weighted by Gasteiger charge is 2.14. The second-order valence-corrected chi connectivity index (χ2v) is 6.44. The van der Waals surface area contributed by atoms with E-state index in [0.717, 1.165) is 39.7 Å². The molecule has 0 radical (unpaired) electrons. The standard InChI is InChI=1S/C17H14BrN3O2/c18-12-2-3-13-14(9-12)20-21-17(13)19-16(22)8-10-1-4-15-11(7-10)5-6-23-15/h1-4,7,9H,5-6,8H2,(H2,19,20,21,22). The number of carbonyl (C=O) groups is 1. The van der Waals surface area contributed by atoms with Gasteiger partial charge in [-0.2, -0.15) is 5.10 Å². The number of hydrogen-bond acceptors (Lipinski definition) is 3. The summed E-state index contributed by atoms with van der Waals surface area (Å²) in [7, 11) is 0. The topological polar surface area (TPSA) is 67.0 Å². The summed E-state index contributed by atoms with van der Waals surface area (Å²) in [6, 6.07) is 11.7. The Morgan fingerprint density at radius 2 is 2.22 bits per heavy atom. The van der Waals surface area contributed by atoms with E-state index in [-0.39, 0.29) is 5.91 Å². The Balaban J connectivity index is 1.51. The Morgan fingerprint density at radius 1 is 1.30 bits per heavy atom. The second-order valence-electron chi connectivity index (χ2n) is 5.53. The molecule has 1 aliphatic heterocycles. The van der Waals surface area contributed by atoms with Gasteiger partial charge in [-0.05, 0) is 35.4 Å². The van der Waals surface area contributed by atoms with Gasteiger partial charge in [0, 0.05) is 16.3 Å². The largest absolute Gasteiger partial charge is 0.493 e. The van der Waals surface area contributed by atoms with Crippen molar-refractivity contribution in [3.05, 3.63) is 52.0 Å². The van der Waals surface area contributed by atoms with Crippen LogP contribution in [0.15, 0.2) is 40.9 Å². The average molecular weight is 372 g/mol. The monoisotopic (exact) mass is 371 g/mol. The Bertz CT molecular complexity index is 904. The number of ether oxygens (including phenoxy) is 1. The van der Waals surface area contributed by atoms with Gasteiger partial charge >= 0.3 is 0 Å². The molecule has 6 heteroatoms. The van der Waals surface area contributed by atoms with Crippen LogP contribution in [0.4, 0.5) is 5.82 Å². The highest BCUT2D eigenvalue weighted by atomic mass is 79.9. The molecule has 23 heavy (non-hydrogen) atoms. The van der Waals surface area contributed by atoms with Gasteiger partial charge in [-0.3, -0.25) is 9.89 Å². The van der Waals surface area contributed by atoms with Gasteiger partial charge in [0.1, 0.15) is 5.75 Å². The van der Waals surface area contributed by atoms with Crippen molar-refractivity contribution in [1.29, 1.82) is 0 Å². The molecule has 2 aromatic carbocycles. The quantitative estimate of drug-likeness (QED) is 0.740. The average Bonchev–Trinajstić information content (AvgIpc) is 3.13. The van der Waals surface area contributed by atoms with Crippen LogP contribution in [0, 0.1) is 0 Å². The maximum Gasteiger partial charge on any atom is 0.230 e. The maximum atomic E-state index is 12.3. The Morgan fingerprint density at radius 3 is 3.13 bits per heavy atom. The van der Waals surface area contributed by atoms with Crippen LogP contribution in [-0.4, -0.2) is 22.7 Å². The predicted octanol–water partition coefficient (Wildman–Crippen LogP) is 3.44. The van der Waals surface area contributed by atoms with Crippen molar-refractivity contribution in [3.8, 4) is 5.75 Å². The lowest BCUT2D eigenvalue weighted by Gasteiger charge is -2.05. The molecule has 5 nitrogen and oxygen atoms in total. The molecular weight excluding hydrogens is 358 g/mol. The van der Waals surface area contributed by atoms with Crippen LogP contribution in [0.2, 0.25) is 0 Å². The number of carbonyl (C=O) groups excluding carboxylic acids is 1. The van der Waals surface area contributed by atoms with Crippen molar-refractivity contribution < 1.29 is 9.53 Å².